The molecular formula is C12H18N2OS. The van der Waals surface area contributed by atoms with Gasteiger partial charge < -0.3 is 10.2 Å². The third-order valence-electron chi connectivity index (χ3n) is 2.86. The summed E-state index contributed by atoms with van der Waals surface area (Å²) in [7, 11) is 0. The number of hydrogen-bond acceptors (Lipinski definition) is 3. The van der Waals surface area contributed by atoms with Crippen LogP contribution in [-0.2, 0) is 17.8 Å². The first-order valence-corrected chi connectivity index (χ1v) is 6.73. The zero-order valence-electron chi connectivity index (χ0n) is 9.66. The van der Waals surface area contributed by atoms with Crippen LogP contribution in [0, 0.1) is 0 Å². The van der Waals surface area contributed by atoms with E-state index >= 15 is 0 Å². The van der Waals surface area contributed by atoms with Crippen molar-refractivity contribution in [2.24, 2.45) is 0 Å². The highest BCUT2D eigenvalue weighted by Crippen LogP contribution is 2.23. The van der Waals surface area contributed by atoms with Gasteiger partial charge in [0.1, 0.15) is 0 Å². The smallest absolute Gasteiger partial charge is 0.236 e. The lowest BCUT2D eigenvalue weighted by Crippen LogP contribution is -2.40. The molecule has 0 unspecified atom stereocenters. The van der Waals surface area contributed by atoms with Gasteiger partial charge >= 0.3 is 0 Å². The first-order chi connectivity index (χ1) is 7.81. The molecule has 0 saturated heterocycles. The highest BCUT2D eigenvalue weighted by Gasteiger charge is 2.20. The number of nitrogens with zero attached hydrogens (tertiary/aromatic N) is 1. The van der Waals surface area contributed by atoms with E-state index in [0.717, 1.165) is 32.5 Å². The van der Waals surface area contributed by atoms with Crippen LogP contribution in [0.25, 0.3) is 0 Å². The Kier molecular flexibility index (Phi) is 3.96. The quantitative estimate of drug-likeness (QED) is 0.809. The summed E-state index contributed by atoms with van der Waals surface area (Å²) in [5, 5.41) is 5.28. The molecule has 0 aliphatic carbocycles. The van der Waals surface area contributed by atoms with Crippen LogP contribution in [0.2, 0.25) is 0 Å². The summed E-state index contributed by atoms with van der Waals surface area (Å²) in [6, 6.07) is 2.14. The average molecular weight is 238 g/mol. The third-order valence-corrected chi connectivity index (χ3v) is 3.89. The number of carbonyl (C=O) groups excluding carboxylic acids is 1. The Morgan fingerprint density at radius 3 is 3.31 bits per heavy atom. The summed E-state index contributed by atoms with van der Waals surface area (Å²) < 4.78 is 0. The van der Waals surface area contributed by atoms with E-state index in [1.807, 2.05) is 16.2 Å². The second kappa shape index (κ2) is 5.46. The Balaban J connectivity index is 1.86. The minimum Gasteiger partial charge on any atom is -0.337 e. The molecule has 2 heterocycles. The van der Waals surface area contributed by atoms with Crippen LogP contribution >= 0.6 is 11.3 Å². The zero-order chi connectivity index (χ0) is 11.4. The van der Waals surface area contributed by atoms with E-state index in [1.54, 1.807) is 0 Å². The number of nitrogens with one attached hydrogen (secondary N) is 1. The van der Waals surface area contributed by atoms with E-state index in [2.05, 4.69) is 23.7 Å². The Bertz CT molecular complexity index is 362. The van der Waals surface area contributed by atoms with Crippen molar-refractivity contribution >= 4 is 17.2 Å². The molecule has 3 nitrogen and oxygen atoms in total. The van der Waals surface area contributed by atoms with Crippen molar-refractivity contribution in [3.63, 3.8) is 0 Å². The van der Waals surface area contributed by atoms with Crippen LogP contribution in [-0.4, -0.2) is 30.4 Å². The maximum atomic E-state index is 11.9. The van der Waals surface area contributed by atoms with Crippen molar-refractivity contribution in [1.82, 2.24) is 10.2 Å². The number of hydrogen-bond donors (Lipinski definition) is 1. The molecule has 1 aliphatic rings. The molecule has 1 N–H and O–H groups in total. The van der Waals surface area contributed by atoms with Crippen LogP contribution in [0.15, 0.2) is 11.4 Å². The molecule has 88 valence electrons. The predicted molar refractivity (Wildman–Crippen MR) is 66.6 cm³/mol. The van der Waals surface area contributed by atoms with Crippen molar-refractivity contribution in [3.8, 4) is 0 Å². The summed E-state index contributed by atoms with van der Waals surface area (Å²) in [6.07, 6.45) is 2.09. The SMILES string of the molecule is CCCNCC(=O)N1CCc2sccc2C1. The topological polar surface area (TPSA) is 32.3 Å². The van der Waals surface area contributed by atoms with E-state index in [4.69, 9.17) is 0 Å². The largest absolute Gasteiger partial charge is 0.337 e. The summed E-state index contributed by atoms with van der Waals surface area (Å²) in [5.74, 6) is 0.227. The zero-order valence-corrected chi connectivity index (χ0v) is 10.5. The molecule has 0 saturated carbocycles. The lowest BCUT2D eigenvalue weighted by atomic mass is 10.1. The van der Waals surface area contributed by atoms with Gasteiger partial charge in [0.15, 0.2) is 0 Å². The fraction of sp³-hybridized carbons (Fsp3) is 0.583. The summed E-state index contributed by atoms with van der Waals surface area (Å²) in [4.78, 5) is 15.3. The Morgan fingerprint density at radius 1 is 1.62 bits per heavy atom. The van der Waals surface area contributed by atoms with Gasteiger partial charge in [0.25, 0.3) is 0 Å². The number of amides is 1. The van der Waals surface area contributed by atoms with Crippen LogP contribution < -0.4 is 5.32 Å². The van der Waals surface area contributed by atoms with E-state index in [9.17, 15) is 4.79 Å². The molecule has 2 rings (SSSR count). The Hall–Kier alpha value is -0.870. The van der Waals surface area contributed by atoms with Crippen molar-refractivity contribution in [2.45, 2.75) is 26.3 Å². The van der Waals surface area contributed by atoms with Gasteiger partial charge in [-0.1, -0.05) is 6.92 Å². The highest BCUT2D eigenvalue weighted by molar-refractivity contribution is 7.10. The van der Waals surface area contributed by atoms with Crippen LogP contribution in [0.1, 0.15) is 23.8 Å². The summed E-state index contributed by atoms with van der Waals surface area (Å²) >= 11 is 1.81. The molecular weight excluding hydrogens is 220 g/mol. The van der Waals surface area contributed by atoms with Gasteiger partial charge in [0.05, 0.1) is 6.54 Å². The maximum Gasteiger partial charge on any atom is 0.236 e. The molecule has 0 aromatic carbocycles. The van der Waals surface area contributed by atoms with Crippen molar-refractivity contribution in [1.29, 1.82) is 0 Å². The molecule has 1 amide bonds. The van der Waals surface area contributed by atoms with Gasteiger partial charge in [-0.15, -0.1) is 11.3 Å². The lowest BCUT2D eigenvalue weighted by Gasteiger charge is -2.27. The molecule has 1 aromatic rings. The van der Waals surface area contributed by atoms with Gasteiger partial charge in [-0.2, -0.15) is 0 Å². The number of carbonyl (C=O) groups is 1. The number of rotatable bonds is 4. The first kappa shape index (κ1) is 11.6. The fourth-order valence-corrected chi connectivity index (χ4v) is 2.83. The van der Waals surface area contributed by atoms with Crippen LogP contribution in [0.4, 0.5) is 0 Å². The Morgan fingerprint density at radius 2 is 2.50 bits per heavy atom. The fourth-order valence-electron chi connectivity index (χ4n) is 1.95. The standard InChI is InChI=1S/C12H18N2OS/c1-2-5-13-8-12(15)14-6-3-11-10(9-14)4-7-16-11/h4,7,13H,2-3,5-6,8-9H2,1H3. The number of fused-ring (bicyclic) bond motifs is 1. The molecule has 0 fully saturated rings. The first-order valence-electron chi connectivity index (χ1n) is 5.85. The second-order valence-electron chi connectivity index (χ2n) is 4.11. The summed E-state index contributed by atoms with van der Waals surface area (Å²) in [6.45, 7) is 5.18. The maximum absolute atomic E-state index is 11.9. The van der Waals surface area contributed by atoms with E-state index in [-0.39, 0.29) is 5.91 Å². The predicted octanol–water partition coefficient (Wildman–Crippen LogP) is 1.63. The third kappa shape index (κ3) is 2.62. The normalized spacial score (nSPS) is 14.9. The van der Waals surface area contributed by atoms with E-state index in [1.165, 1.54) is 10.4 Å². The van der Waals surface area contributed by atoms with Gasteiger partial charge in [-0.3, -0.25) is 4.79 Å². The van der Waals surface area contributed by atoms with Gasteiger partial charge in [-0.05, 0) is 36.4 Å². The van der Waals surface area contributed by atoms with Gasteiger partial charge in [0.2, 0.25) is 5.91 Å². The number of thiophene rings is 1. The molecule has 0 spiro atoms. The van der Waals surface area contributed by atoms with Crippen molar-refractivity contribution < 1.29 is 4.79 Å². The molecule has 1 aromatic heterocycles. The van der Waals surface area contributed by atoms with Crippen molar-refractivity contribution in [2.75, 3.05) is 19.6 Å². The highest BCUT2D eigenvalue weighted by atomic mass is 32.1. The average Bonchev–Trinajstić information content (AvgIpc) is 2.76. The van der Waals surface area contributed by atoms with Crippen LogP contribution in [0.3, 0.4) is 0 Å². The van der Waals surface area contributed by atoms with Gasteiger partial charge in [0, 0.05) is 18.0 Å². The lowest BCUT2D eigenvalue weighted by molar-refractivity contribution is -0.131. The van der Waals surface area contributed by atoms with Crippen molar-refractivity contribution in [3.05, 3.63) is 21.9 Å². The molecule has 0 atom stereocenters. The van der Waals surface area contributed by atoms with E-state index < -0.39 is 0 Å². The molecule has 16 heavy (non-hydrogen) atoms. The van der Waals surface area contributed by atoms with Crippen LogP contribution in [0.5, 0.6) is 0 Å². The minimum absolute atomic E-state index is 0.227. The molecule has 1 aliphatic heterocycles. The minimum atomic E-state index is 0.227. The second-order valence-corrected chi connectivity index (χ2v) is 5.11. The Labute approximate surface area is 100 Å². The van der Waals surface area contributed by atoms with Gasteiger partial charge in [-0.25, -0.2) is 0 Å². The molecule has 0 radical (unpaired) electrons. The molecule has 4 heteroatoms. The summed E-state index contributed by atoms with van der Waals surface area (Å²) in [5.41, 5.74) is 1.33. The molecule has 0 bridgehead atoms. The van der Waals surface area contributed by atoms with E-state index in [0.29, 0.717) is 6.54 Å². The monoisotopic (exact) mass is 238 g/mol.